The number of piperidine rings is 1. The van der Waals surface area contributed by atoms with Gasteiger partial charge >= 0.3 is 0 Å². The molecule has 23 heavy (non-hydrogen) atoms. The molecular weight excluding hydrogens is 290 g/mol. The van der Waals surface area contributed by atoms with Crippen LogP contribution in [-0.2, 0) is 4.79 Å². The Morgan fingerprint density at radius 2 is 2.17 bits per heavy atom. The maximum Gasteiger partial charge on any atom is 0.227 e. The predicted octanol–water partition coefficient (Wildman–Crippen LogP) is 1.55. The van der Waals surface area contributed by atoms with Crippen molar-refractivity contribution in [2.24, 2.45) is 5.92 Å². The predicted molar refractivity (Wildman–Crippen MR) is 88.0 cm³/mol. The summed E-state index contributed by atoms with van der Waals surface area (Å²) in [6.45, 7) is 2.38. The molecule has 0 spiro atoms. The van der Waals surface area contributed by atoms with E-state index in [9.17, 15) is 4.79 Å². The number of anilines is 1. The topological polar surface area (TPSA) is 63.1 Å². The van der Waals surface area contributed by atoms with Crippen molar-refractivity contribution in [1.82, 2.24) is 19.7 Å². The third kappa shape index (κ3) is 3.58. The molecule has 0 aromatic carbocycles. The van der Waals surface area contributed by atoms with E-state index in [0.29, 0.717) is 18.1 Å². The van der Waals surface area contributed by atoms with Gasteiger partial charge < -0.3 is 5.32 Å². The second kappa shape index (κ2) is 7.07. The Balaban J connectivity index is 1.67. The second-order valence-electron chi connectivity index (χ2n) is 5.57. The van der Waals surface area contributed by atoms with Crippen LogP contribution in [-0.4, -0.2) is 45.2 Å². The van der Waals surface area contributed by atoms with Gasteiger partial charge in [0.25, 0.3) is 0 Å². The molecule has 2 aromatic rings. The smallest absolute Gasteiger partial charge is 0.227 e. The number of carbonyl (C=O) groups is 1. The first-order chi connectivity index (χ1) is 11.3. The molecule has 0 aliphatic carbocycles. The zero-order valence-electron chi connectivity index (χ0n) is 12.9. The Kier molecular flexibility index (Phi) is 4.69. The molecule has 6 nitrogen and oxygen atoms in total. The number of terminal acetylenes is 1. The van der Waals surface area contributed by atoms with E-state index in [-0.39, 0.29) is 11.8 Å². The summed E-state index contributed by atoms with van der Waals surface area (Å²) in [5.41, 5.74) is 0.673. The van der Waals surface area contributed by atoms with E-state index in [0.717, 1.165) is 25.9 Å². The summed E-state index contributed by atoms with van der Waals surface area (Å²) in [7, 11) is 0. The third-order valence-electron chi connectivity index (χ3n) is 4.04. The lowest BCUT2D eigenvalue weighted by molar-refractivity contribution is -0.121. The largest absolute Gasteiger partial charge is 0.323 e. The van der Waals surface area contributed by atoms with Crippen LogP contribution in [0.1, 0.15) is 12.8 Å². The maximum absolute atomic E-state index is 12.5. The number of hydrogen-bond acceptors (Lipinski definition) is 4. The molecular formula is C17H19N5O. The average molecular weight is 309 g/mol. The number of pyridine rings is 1. The van der Waals surface area contributed by atoms with E-state index in [1.165, 1.54) is 0 Å². The number of carbonyl (C=O) groups excluding carboxylic acids is 1. The molecule has 118 valence electrons. The van der Waals surface area contributed by atoms with Crippen LogP contribution in [0.2, 0.25) is 0 Å². The first kappa shape index (κ1) is 15.3. The Morgan fingerprint density at radius 1 is 1.35 bits per heavy atom. The van der Waals surface area contributed by atoms with Crippen LogP contribution < -0.4 is 5.32 Å². The number of aromatic nitrogens is 3. The molecule has 0 radical (unpaired) electrons. The highest BCUT2D eigenvalue weighted by molar-refractivity contribution is 5.94. The number of hydrogen-bond donors (Lipinski definition) is 1. The molecule has 1 aliphatic rings. The van der Waals surface area contributed by atoms with Crippen LogP contribution in [0.3, 0.4) is 0 Å². The van der Waals surface area contributed by atoms with E-state index >= 15 is 0 Å². The summed E-state index contributed by atoms with van der Waals surface area (Å²) >= 11 is 0. The highest BCUT2D eigenvalue weighted by Crippen LogP contribution is 2.21. The molecule has 6 heteroatoms. The van der Waals surface area contributed by atoms with Crippen molar-refractivity contribution in [1.29, 1.82) is 0 Å². The van der Waals surface area contributed by atoms with Gasteiger partial charge in [-0.25, -0.2) is 9.67 Å². The van der Waals surface area contributed by atoms with E-state index in [1.807, 2.05) is 12.1 Å². The van der Waals surface area contributed by atoms with E-state index in [1.54, 1.807) is 29.3 Å². The standard InChI is InChI=1S/C17H19N5O/c1-2-10-21-12-6-14(7-13-21)17(23)20-15-5-3-8-18-16(15)22-11-4-9-19-22/h1,3-5,8-9,11,14H,6-7,10,12-13H2,(H,20,23). The first-order valence-corrected chi connectivity index (χ1v) is 7.69. The summed E-state index contributed by atoms with van der Waals surface area (Å²) in [6, 6.07) is 5.47. The van der Waals surface area contributed by atoms with Gasteiger partial charge in [0.1, 0.15) is 0 Å². The first-order valence-electron chi connectivity index (χ1n) is 7.69. The second-order valence-corrected chi connectivity index (χ2v) is 5.57. The highest BCUT2D eigenvalue weighted by Gasteiger charge is 2.25. The van der Waals surface area contributed by atoms with Crippen molar-refractivity contribution in [2.45, 2.75) is 12.8 Å². The maximum atomic E-state index is 12.5. The Labute approximate surface area is 135 Å². The van der Waals surface area contributed by atoms with Crippen molar-refractivity contribution in [2.75, 3.05) is 25.0 Å². The number of likely N-dealkylation sites (tertiary alicyclic amines) is 1. The number of rotatable bonds is 4. The van der Waals surface area contributed by atoms with Crippen molar-refractivity contribution >= 4 is 11.6 Å². The minimum atomic E-state index is 0.00898. The third-order valence-corrected chi connectivity index (χ3v) is 4.04. The van der Waals surface area contributed by atoms with E-state index < -0.39 is 0 Å². The summed E-state index contributed by atoms with van der Waals surface area (Å²) in [4.78, 5) is 19.0. The van der Waals surface area contributed by atoms with Gasteiger partial charge in [0, 0.05) is 24.5 Å². The lowest BCUT2D eigenvalue weighted by Gasteiger charge is -2.29. The van der Waals surface area contributed by atoms with Crippen LogP contribution in [0, 0.1) is 18.3 Å². The zero-order chi connectivity index (χ0) is 16.1. The Bertz CT molecular complexity index is 696. The summed E-state index contributed by atoms with van der Waals surface area (Å²) < 4.78 is 1.64. The fourth-order valence-corrected chi connectivity index (χ4v) is 2.79. The fraction of sp³-hybridized carbons (Fsp3) is 0.353. The monoisotopic (exact) mass is 309 g/mol. The van der Waals surface area contributed by atoms with Gasteiger partial charge in [-0.1, -0.05) is 5.92 Å². The summed E-state index contributed by atoms with van der Waals surface area (Å²) in [5, 5.41) is 7.17. The average Bonchev–Trinajstić information content (AvgIpc) is 3.10. The van der Waals surface area contributed by atoms with Crippen molar-refractivity contribution in [3.63, 3.8) is 0 Å². The highest BCUT2D eigenvalue weighted by atomic mass is 16.1. The number of nitrogens with one attached hydrogen (secondary N) is 1. The van der Waals surface area contributed by atoms with Gasteiger partial charge in [-0.05, 0) is 44.1 Å². The van der Waals surface area contributed by atoms with Crippen molar-refractivity contribution in [3.05, 3.63) is 36.8 Å². The lowest BCUT2D eigenvalue weighted by Crippen LogP contribution is -2.38. The normalized spacial score (nSPS) is 16.0. The molecule has 1 saturated heterocycles. The SMILES string of the molecule is C#CCN1CCC(C(=O)Nc2cccnc2-n2cccn2)CC1. The van der Waals surface area contributed by atoms with Gasteiger partial charge in [0.05, 0.1) is 12.2 Å². The summed E-state index contributed by atoms with van der Waals surface area (Å²) in [6.07, 6.45) is 12.2. The molecule has 0 bridgehead atoms. The minimum Gasteiger partial charge on any atom is -0.323 e. The van der Waals surface area contributed by atoms with Crippen LogP contribution >= 0.6 is 0 Å². The Morgan fingerprint density at radius 3 is 2.87 bits per heavy atom. The van der Waals surface area contributed by atoms with Crippen LogP contribution in [0.5, 0.6) is 0 Å². The van der Waals surface area contributed by atoms with E-state index in [2.05, 4.69) is 26.2 Å². The minimum absolute atomic E-state index is 0.00898. The van der Waals surface area contributed by atoms with Gasteiger partial charge in [-0.3, -0.25) is 9.69 Å². The van der Waals surface area contributed by atoms with Gasteiger partial charge in [-0.2, -0.15) is 5.10 Å². The molecule has 0 saturated carbocycles. The van der Waals surface area contributed by atoms with Crippen molar-refractivity contribution < 1.29 is 4.79 Å². The lowest BCUT2D eigenvalue weighted by atomic mass is 9.96. The van der Waals surface area contributed by atoms with Crippen LogP contribution in [0.25, 0.3) is 5.82 Å². The Hall–Kier alpha value is -2.65. The quantitative estimate of drug-likeness (QED) is 0.871. The molecule has 0 unspecified atom stereocenters. The number of nitrogens with zero attached hydrogens (tertiary/aromatic N) is 4. The van der Waals surface area contributed by atoms with Gasteiger partial charge in [0.15, 0.2) is 5.82 Å². The zero-order valence-corrected chi connectivity index (χ0v) is 12.9. The fourth-order valence-electron chi connectivity index (χ4n) is 2.79. The van der Waals surface area contributed by atoms with Gasteiger partial charge in [-0.15, -0.1) is 6.42 Å². The molecule has 1 N–H and O–H groups in total. The van der Waals surface area contributed by atoms with E-state index in [4.69, 9.17) is 6.42 Å². The number of amides is 1. The molecule has 1 aliphatic heterocycles. The van der Waals surface area contributed by atoms with Crippen molar-refractivity contribution in [3.8, 4) is 18.2 Å². The van der Waals surface area contributed by atoms with Crippen LogP contribution in [0.15, 0.2) is 36.8 Å². The summed E-state index contributed by atoms with van der Waals surface area (Å²) in [5.74, 6) is 3.32. The molecule has 3 heterocycles. The molecule has 1 fully saturated rings. The molecule has 1 amide bonds. The van der Waals surface area contributed by atoms with Crippen LogP contribution in [0.4, 0.5) is 5.69 Å². The molecule has 0 atom stereocenters. The molecule has 2 aromatic heterocycles. The molecule has 3 rings (SSSR count). The van der Waals surface area contributed by atoms with Gasteiger partial charge in [0.2, 0.25) is 5.91 Å².